The molecule has 8 heteroatoms. The van der Waals surface area contributed by atoms with E-state index in [1.165, 1.54) is 33.6 Å². The number of hydrogen-bond acceptors (Lipinski definition) is 5. The van der Waals surface area contributed by atoms with Gasteiger partial charge in [-0.05, 0) is 61.6 Å². The highest BCUT2D eigenvalue weighted by molar-refractivity contribution is 8.00. The minimum atomic E-state index is -0.451. The summed E-state index contributed by atoms with van der Waals surface area (Å²) in [5, 5.41) is 10.8. The van der Waals surface area contributed by atoms with Crippen LogP contribution in [-0.2, 0) is 17.6 Å². The van der Waals surface area contributed by atoms with Crippen molar-refractivity contribution in [1.82, 2.24) is 14.9 Å². The fraction of sp³-hybridized carbons (Fsp3) is 0.250. The third kappa shape index (κ3) is 3.60. The Morgan fingerprint density at radius 3 is 2.82 bits per heavy atom. The Labute approximate surface area is 166 Å². The van der Waals surface area contributed by atoms with Crippen LogP contribution in [0.3, 0.4) is 0 Å². The Hall–Kier alpha value is -2.87. The predicted octanol–water partition coefficient (Wildman–Crippen LogP) is 3.41. The molecule has 6 nitrogen and oxygen atoms in total. The lowest BCUT2D eigenvalue weighted by atomic mass is 10.1. The van der Waals surface area contributed by atoms with E-state index in [0.29, 0.717) is 5.16 Å². The summed E-state index contributed by atoms with van der Waals surface area (Å²) in [6.45, 7) is 1.77. The third-order valence-corrected chi connectivity index (χ3v) is 5.85. The number of nitrogens with one attached hydrogen (secondary N) is 1. The number of hydrogen-bond donors (Lipinski definition) is 2. The molecule has 0 saturated carbocycles. The molecule has 0 bridgehead atoms. The molecule has 1 heterocycles. The molecule has 1 aliphatic carbocycles. The molecule has 1 amide bonds. The fourth-order valence-electron chi connectivity index (χ4n) is 3.29. The number of rotatable bonds is 5. The van der Waals surface area contributed by atoms with E-state index in [4.69, 9.17) is 5.84 Å². The summed E-state index contributed by atoms with van der Waals surface area (Å²) in [7, 11) is 0. The van der Waals surface area contributed by atoms with Crippen molar-refractivity contribution in [2.45, 2.75) is 36.6 Å². The van der Waals surface area contributed by atoms with E-state index in [0.717, 1.165) is 24.9 Å². The molecule has 3 aromatic rings. The number of amides is 1. The van der Waals surface area contributed by atoms with Crippen LogP contribution in [0.5, 0.6) is 0 Å². The first kappa shape index (κ1) is 18.5. The molecule has 0 fully saturated rings. The molecule has 1 aromatic heterocycles. The fourth-order valence-corrected chi connectivity index (χ4v) is 4.06. The number of halogens is 1. The van der Waals surface area contributed by atoms with Gasteiger partial charge in [-0.25, -0.2) is 9.07 Å². The number of anilines is 1. The number of aromatic nitrogens is 3. The first-order valence-electron chi connectivity index (χ1n) is 9.07. The zero-order chi connectivity index (χ0) is 19.7. The molecule has 0 spiro atoms. The summed E-state index contributed by atoms with van der Waals surface area (Å²) >= 11 is 1.17. The second kappa shape index (κ2) is 7.63. The van der Waals surface area contributed by atoms with Gasteiger partial charge in [0.2, 0.25) is 11.1 Å². The SMILES string of the molecule is C[C@H](Sc1nnc(-c2ccccc2F)n1N)C(=O)Nc1ccc2c(c1)CCC2. The number of carbonyl (C=O) groups excluding carboxylic acids is 1. The van der Waals surface area contributed by atoms with Crippen molar-refractivity contribution in [1.29, 1.82) is 0 Å². The van der Waals surface area contributed by atoms with Gasteiger partial charge in [-0.15, -0.1) is 10.2 Å². The number of fused-ring (bicyclic) bond motifs is 1. The van der Waals surface area contributed by atoms with E-state index in [-0.39, 0.29) is 17.3 Å². The Morgan fingerprint density at radius 1 is 1.21 bits per heavy atom. The predicted molar refractivity (Wildman–Crippen MR) is 108 cm³/mol. The maximum Gasteiger partial charge on any atom is 0.237 e. The lowest BCUT2D eigenvalue weighted by Gasteiger charge is -2.12. The van der Waals surface area contributed by atoms with E-state index >= 15 is 0 Å². The van der Waals surface area contributed by atoms with Crippen LogP contribution < -0.4 is 11.2 Å². The minimum Gasteiger partial charge on any atom is -0.335 e. The van der Waals surface area contributed by atoms with Crippen molar-refractivity contribution < 1.29 is 9.18 Å². The van der Waals surface area contributed by atoms with Gasteiger partial charge in [-0.1, -0.05) is 30.0 Å². The van der Waals surface area contributed by atoms with Gasteiger partial charge < -0.3 is 11.2 Å². The van der Waals surface area contributed by atoms with Crippen LogP contribution in [0.15, 0.2) is 47.6 Å². The molecule has 1 aliphatic rings. The molecule has 1 atom stereocenters. The molecular formula is C20H20FN5OS. The molecule has 0 radical (unpaired) electrons. The van der Waals surface area contributed by atoms with E-state index in [1.807, 2.05) is 12.1 Å². The van der Waals surface area contributed by atoms with Gasteiger partial charge in [0.05, 0.1) is 10.8 Å². The standard InChI is InChI=1S/C20H20FN5OS/c1-12(19(27)23-15-10-9-13-5-4-6-14(13)11-15)28-20-25-24-18(26(20)22)16-7-2-3-8-17(16)21/h2-3,7-12H,4-6,22H2,1H3,(H,23,27)/t12-/m0/s1. The molecule has 3 N–H and O–H groups in total. The maximum absolute atomic E-state index is 14.0. The largest absolute Gasteiger partial charge is 0.335 e. The van der Waals surface area contributed by atoms with E-state index in [9.17, 15) is 9.18 Å². The van der Waals surface area contributed by atoms with Gasteiger partial charge in [-0.3, -0.25) is 4.79 Å². The molecule has 144 valence electrons. The number of aryl methyl sites for hydroxylation is 2. The smallest absolute Gasteiger partial charge is 0.237 e. The van der Waals surface area contributed by atoms with Crippen LogP contribution in [0.25, 0.3) is 11.4 Å². The van der Waals surface area contributed by atoms with Crippen LogP contribution >= 0.6 is 11.8 Å². The van der Waals surface area contributed by atoms with Crippen molar-refractivity contribution in [3.05, 3.63) is 59.4 Å². The van der Waals surface area contributed by atoms with Crippen molar-refractivity contribution in [3.63, 3.8) is 0 Å². The number of nitrogens with zero attached hydrogens (tertiary/aromatic N) is 3. The van der Waals surface area contributed by atoms with Crippen molar-refractivity contribution in [3.8, 4) is 11.4 Å². The topological polar surface area (TPSA) is 85.8 Å². The van der Waals surface area contributed by atoms with Crippen LogP contribution in [0.4, 0.5) is 10.1 Å². The Kier molecular flexibility index (Phi) is 5.04. The molecule has 0 unspecified atom stereocenters. The summed E-state index contributed by atoms with van der Waals surface area (Å²) in [6, 6.07) is 12.3. The van der Waals surface area contributed by atoms with Gasteiger partial charge in [0.25, 0.3) is 0 Å². The Morgan fingerprint density at radius 2 is 2.00 bits per heavy atom. The average molecular weight is 397 g/mol. The lowest BCUT2D eigenvalue weighted by molar-refractivity contribution is -0.115. The quantitative estimate of drug-likeness (QED) is 0.509. The van der Waals surface area contributed by atoms with Crippen LogP contribution in [-0.4, -0.2) is 26.0 Å². The van der Waals surface area contributed by atoms with Gasteiger partial charge in [0.1, 0.15) is 5.82 Å². The van der Waals surface area contributed by atoms with E-state index in [1.54, 1.807) is 25.1 Å². The lowest BCUT2D eigenvalue weighted by Crippen LogP contribution is -2.23. The maximum atomic E-state index is 14.0. The molecule has 0 aliphatic heterocycles. The summed E-state index contributed by atoms with van der Waals surface area (Å²) in [4.78, 5) is 12.6. The Balaban J connectivity index is 1.46. The molecule has 2 aromatic carbocycles. The number of carbonyl (C=O) groups is 1. The number of benzene rings is 2. The van der Waals surface area contributed by atoms with Gasteiger partial charge >= 0.3 is 0 Å². The zero-order valence-electron chi connectivity index (χ0n) is 15.4. The summed E-state index contributed by atoms with van der Waals surface area (Å²) in [6.07, 6.45) is 3.32. The summed E-state index contributed by atoms with van der Waals surface area (Å²) < 4.78 is 15.2. The Bertz CT molecular complexity index is 1040. The van der Waals surface area contributed by atoms with Crippen LogP contribution in [0.2, 0.25) is 0 Å². The van der Waals surface area contributed by atoms with Gasteiger partial charge in [0.15, 0.2) is 5.82 Å². The van der Waals surface area contributed by atoms with E-state index < -0.39 is 11.1 Å². The average Bonchev–Trinajstić information content (AvgIpc) is 3.29. The van der Waals surface area contributed by atoms with E-state index in [2.05, 4.69) is 21.6 Å². The van der Waals surface area contributed by atoms with Crippen LogP contribution in [0, 0.1) is 5.82 Å². The number of nitrogens with two attached hydrogens (primary N) is 1. The van der Waals surface area contributed by atoms with Crippen molar-refractivity contribution in [2.75, 3.05) is 11.2 Å². The molecular weight excluding hydrogens is 377 g/mol. The molecule has 28 heavy (non-hydrogen) atoms. The highest BCUT2D eigenvalue weighted by Crippen LogP contribution is 2.28. The molecule has 0 saturated heterocycles. The van der Waals surface area contributed by atoms with Gasteiger partial charge in [-0.2, -0.15) is 0 Å². The normalized spacial score (nSPS) is 13.9. The van der Waals surface area contributed by atoms with Crippen LogP contribution in [0.1, 0.15) is 24.5 Å². The first-order chi connectivity index (χ1) is 13.5. The minimum absolute atomic E-state index is 0.154. The third-order valence-electron chi connectivity index (χ3n) is 4.80. The van der Waals surface area contributed by atoms with Gasteiger partial charge in [0, 0.05) is 5.69 Å². The highest BCUT2D eigenvalue weighted by Gasteiger charge is 2.21. The monoisotopic (exact) mass is 397 g/mol. The molecule has 4 rings (SSSR count). The second-order valence-electron chi connectivity index (χ2n) is 6.74. The number of nitrogen functional groups attached to an aromatic ring is 1. The van der Waals surface area contributed by atoms with Crippen molar-refractivity contribution >= 4 is 23.4 Å². The highest BCUT2D eigenvalue weighted by atomic mass is 32.2. The number of thioether (sulfide) groups is 1. The first-order valence-corrected chi connectivity index (χ1v) is 9.95. The zero-order valence-corrected chi connectivity index (χ0v) is 16.2. The summed E-state index contributed by atoms with van der Waals surface area (Å²) in [5.41, 5.74) is 3.71. The second-order valence-corrected chi connectivity index (χ2v) is 8.05. The van der Waals surface area contributed by atoms with Crippen molar-refractivity contribution in [2.24, 2.45) is 0 Å². The summed E-state index contributed by atoms with van der Waals surface area (Å²) in [5.74, 6) is 5.67.